The van der Waals surface area contributed by atoms with Gasteiger partial charge in [-0.25, -0.2) is 0 Å². The molecule has 11 heteroatoms. The maximum atomic E-state index is 16.0. The van der Waals surface area contributed by atoms with Gasteiger partial charge in [0.2, 0.25) is 0 Å². The molecule has 0 N–H and O–H groups in total. The summed E-state index contributed by atoms with van der Waals surface area (Å²) in [4.78, 5) is 29.5. The molecule has 54 heavy (non-hydrogen) atoms. The lowest BCUT2D eigenvalue weighted by molar-refractivity contribution is -0.139. The monoisotopic (exact) mass is 829 g/mol. The molecule has 0 radical (unpaired) electrons. The molecule has 7 nitrogen and oxygen atoms in total. The van der Waals surface area contributed by atoms with Crippen LogP contribution in [0.5, 0.6) is 0 Å². The van der Waals surface area contributed by atoms with Crippen molar-refractivity contribution < 1.29 is 32.0 Å². The zero-order valence-corrected chi connectivity index (χ0v) is 43.8. The third-order valence-electron chi connectivity index (χ3n) is 14.1. The molecule has 1 heterocycles. The third kappa shape index (κ3) is 12.9. The summed E-state index contributed by atoms with van der Waals surface area (Å²) in [5.74, 6) is -1.15. The second-order valence-electron chi connectivity index (χ2n) is 22.7. The topological polar surface area (TPSA) is 83.6 Å². The molecule has 7 atom stereocenters. The van der Waals surface area contributed by atoms with Crippen molar-refractivity contribution in [2.45, 2.75) is 220 Å². The van der Waals surface area contributed by atoms with Crippen molar-refractivity contribution in [1.82, 2.24) is 0 Å². The fourth-order valence-corrected chi connectivity index (χ4v) is 10.6. The van der Waals surface area contributed by atoms with E-state index in [0.717, 1.165) is 0 Å². The Morgan fingerprint density at radius 1 is 0.685 bits per heavy atom. The highest BCUT2D eigenvalue weighted by Gasteiger charge is 2.65. The largest absolute Gasteiger partial charge is 0.416 e. The van der Waals surface area contributed by atoms with Crippen LogP contribution in [-0.4, -0.2) is 82.0 Å². The molecule has 0 bridgehead atoms. The van der Waals surface area contributed by atoms with Crippen LogP contribution in [0.25, 0.3) is 0 Å². The molecule has 1 aliphatic rings. The summed E-state index contributed by atoms with van der Waals surface area (Å²) in [5, 5.41) is -0.370. The molecule has 0 aromatic rings. The van der Waals surface area contributed by atoms with Crippen molar-refractivity contribution in [3.8, 4) is 0 Å². The van der Waals surface area contributed by atoms with Crippen LogP contribution in [-0.2, 0) is 32.0 Å². The number of ether oxygens (including phenoxy) is 1. The van der Waals surface area contributed by atoms with Crippen molar-refractivity contribution >= 4 is 44.8 Å². The smallest absolute Gasteiger partial charge is 0.192 e. The van der Waals surface area contributed by atoms with Crippen molar-refractivity contribution in [3.05, 3.63) is 12.2 Å². The van der Waals surface area contributed by atoms with Crippen molar-refractivity contribution in [2.24, 2.45) is 17.8 Å². The van der Waals surface area contributed by atoms with Crippen LogP contribution in [0.3, 0.4) is 0 Å². The quantitative estimate of drug-likeness (QED) is 0.0686. The molecule has 0 aromatic carbocycles. The standard InChI is InChI=1S/C43H88O7Si4/c1-25-27-31(3)37-43(16,48-37)38(50-54(23,24)42(13,14)15)34(30-47-52(19,20)40(7,8)9)36(45)33(29-46-51(17,18)39(4,5)6)35(28-32(44)26-2)49-53(21,22)41(10,11)12/h25,27,31,33-35,37-38H,26,28-30H2,1-24H3/b27-25-/t31-,33-,34-,35-,37+,38-,43?/m0/s1. The van der Waals surface area contributed by atoms with Gasteiger partial charge < -0.3 is 22.4 Å². The van der Waals surface area contributed by atoms with E-state index in [2.05, 4.69) is 161 Å². The highest BCUT2D eigenvalue weighted by atomic mass is 28.4. The van der Waals surface area contributed by atoms with Crippen LogP contribution in [0.4, 0.5) is 0 Å². The van der Waals surface area contributed by atoms with Crippen molar-refractivity contribution in [1.29, 1.82) is 0 Å². The van der Waals surface area contributed by atoms with E-state index in [0.29, 0.717) is 6.42 Å². The lowest BCUT2D eigenvalue weighted by Crippen LogP contribution is -2.57. The van der Waals surface area contributed by atoms with E-state index in [1.54, 1.807) is 0 Å². The maximum Gasteiger partial charge on any atom is 0.192 e. The minimum atomic E-state index is -2.47. The lowest BCUT2D eigenvalue weighted by atomic mass is 9.79. The molecular weight excluding hydrogens is 741 g/mol. The third-order valence-corrected chi connectivity index (χ3v) is 32.1. The van der Waals surface area contributed by atoms with E-state index in [9.17, 15) is 4.79 Å². The summed E-state index contributed by atoms with van der Waals surface area (Å²) in [7, 11) is -9.57. The summed E-state index contributed by atoms with van der Waals surface area (Å²) >= 11 is 0. The van der Waals surface area contributed by atoms with E-state index < -0.39 is 62.9 Å². The Labute approximate surface area is 338 Å². The Morgan fingerprint density at radius 3 is 1.44 bits per heavy atom. The Kier molecular flexibility index (Phi) is 17.2. The first-order valence-electron chi connectivity index (χ1n) is 20.8. The summed E-state index contributed by atoms with van der Waals surface area (Å²) in [6.07, 6.45) is 3.48. The highest BCUT2D eigenvalue weighted by Crippen LogP contribution is 2.52. The molecule has 318 valence electrons. The summed E-state index contributed by atoms with van der Waals surface area (Å²) in [5.41, 5.74) is -0.717. The average molecular weight is 830 g/mol. The number of ketones is 2. The number of allylic oxidation sites excluding steroid dienone is 1. The number of hydrogen-bond acceptors (Lipinski definition) is 7. The minimum Gasteiger partial charge on any atom is -0.416 e. The molecule has 1 saturated heterocycles. The number of rotatable bonds is 20. The number of Topliss-reactive ketones (excluding diaryl/α,β-unsaturated/α-hetero) is 2. The number of carbonyl (C=O) groups is 2. The second kappa shape index (κ2) is 17.9. The number of hydrogen-bond donors (Lipinski definition) is 0. The van der Waals surface area contributed by atoms with Crippen LogP contribution >= 0.6 is 0 Å². The molecule has 1 fully saturated rings. The van der Waals surface area contributed by atoms with E-state index >= 15 is 4.79 Å². The van der Waals surface area contributed by atoms with Crippen LogP contribution in [0, 0.1) is 17.8 Å². The Hall–Kier alpha value is -0.252. The van der Waals surface area contributed by atoms with Crippen LogP contribution < -0.4 is 0 Å². The molecule has 0 saturated carbocycles. The molecule has 1 rings (SSSR count). The van der Waals surface area contributed by atoms with Crippen molar-refractivity contribution in [3.63, 3.8) is 0 Å². The highest BCUT2D eigenvalue weighted by molar-refractivity contribution is 6.75. The Bertz CT molecular complexity index is 1280. The van der Waals surface area contributed by atoms with Crippen LogP contribution in [0.15, 0.2) is 12.2 Å². The van der Waals surface area contributed by atoms with Gasteiger partial charge in [0.1, 0.15) is 17.2 Å². The second-order valence-corrected chi connectivity index (χ2v) is 41.8. The van der Waals surface area contributed by atoms with Crippen molar-refractivity contribution in [2.75, 3.05) is 13.2 Å². The Balaban J connectivity index is 4.25. The zero-order valence-electron chi connectivity index (χ0n) is 39.8. The first-order chi connectivity index (χ1) is 23.8. The van der Waals surface area contributed by atoms with E-state index in [-0.39, 0.29) is 63.4 Å². The van der Waals surface area contributed by atoms with E-state index in [4.69, 9.17) is 22.4 Å². The number of epoxide rings is 1. The van der Waals surface area contributed by atoms with Crippen LogP contribution in [0.2, 0.25) is 72.5 Å². The fourth-order valence-electron chi connectivity index (χ4n) is 5.78. The summed E-state index contributed by atoms with van der Waals surface area (Å²) < 4.78 is 35.5. The van der Waals surface area contributed by atoms with Gasteiger partial charge in [-0.3, -0.25) is 9.59 Å². The van der Waals surface area contributed by atoms with Gasteiger partial charge in [-0.05, 0) is 86.4 Å². The van der Waals surface area contributed by atoms with Gasteiger partial charge in [-0.15, -0.1) is 0 Å². The molecule has 0 amide bonds. The van der Waals surface area contributed by atoms with E-state index in [1.165, 1.54) is 0 Å². The number of carbonyl (C=O) groups excluding carboxylic acids is 2. The molecular formula is C43H88O7Si4. The zero-order chi connectivity index (χ0) is 42.9. The van der Waals surface area contributed by atoms with Gasteiger partial charge in [-0.2, -0.15) is 0 Å². The summed E-state index contributed by atoms with van der Waals surface area (Å²) in [6, 6.07) is 0. The SMILES string of the molecule is C/C=C\[C@H](C)[C@H]1OC1(C)[C@@H](O[Si](C)(C)C(C)(C)C)[C@@H](CO[Si](C)(C)C(C)(C)C)C(=O)[C@@H](CO[Si](C)(C)C(C)(C)C)[C@H](CC(=O)CC)O[Si](C)(C)C(C)(C)C. The average Bonchev–Trinajstić information content (AvgIpc) is 3.66. The first kappa shape index (κ1) is 51.8. The predicted octanol–water partition coefficient (Wildman–Crippen LogP) is 12.4. The molecule has 1 aliphatic heterocycles. The lowest BCUT2D eigenvalue weighted by Gasteiger charge is -2.46. The molecule has 1 unspecified atom stereocenters. The molecule has 0 aromatic heterocycles. The van der Waals surface area contributed by atoms with Gasteiger partial charge in [-0.1, -0.05) is 109 Å². The van der Waals surface area contributed by atoms with Gasteiger partial charge >= 0.3 is 0 Å². The normalized spacial score (nSPS) is 22.6. The molecule has 0 spiro atoms. The van der Waals surface area contributed by atoms with Gasteiger partial charge in [0.15, 0.2) is 33.3 Å². The maximum absolute atomic E-state index is 16.0. The van der Waals surface area contributed by atoms with E-state index in [1.807, 2.05) is 13.8 Å². The van der Waals surface area contributed by atoms with Gasteiger partial charge in [0, 0.05) is 32.0 Å². The predicted molar refractivity (Wildman–Crippen MR) is 240 cm³/mol. The van der Waals surface area contributed by atoms with Crippen LogP contribution in [0.1, 0.15) is 124 Å². The molecule has 0 aliphatic carbocycles. The summed E-state index contributed by atoms with van der Waals surface area (Å²) in [6.45, 7) is 53.2. The fraction of sp³-hybridized carbons (Fsp3) is 0.907. The van der Waals surface area contributed by atoms with Gasteiger partial charge in [0.25, 0.3) is 0 Å². The Morgan fingerprint density at radius 2 is 1.07 bits per heavy atom. The minimum absolute atomic E-state index is 0.00194. The van der Waals surface area contributed by atoms with Gasteiger partial charge in [0.05, 0.1) is 30.1 Å². The first-order valence-corrected chi connectivity index (χ1v) is 32.5.